The van der Waals surface area contributed by atoms with Crippen LogP contribution in [0.15, 0.2) is 48.5 Å². The Labute approximate surface area is 214 Å². The fourth-order valence-electron chi connectivity index (χ4n) is 5.42. The molecule has 7 heteroatoms. The molecule has 2 saturated heterocycles. The van der Waals surface area contributed by atoms with Gasteiger partial charge in [0.1, 0.15) is 5.54 Å². The summed E-state index contributed by atoms with van der Waals surface area (Å²) in [6, 6.07) is 15.6. The third-order valence-electron chi connectivity index (χ3n) is 7.86. The van der Waals surface area contributed by atoms with Gasteiger partial charge in [0.25, 0.3) is 11.8 Å². The highest BCUT2D eigenvalue weighted by atomic mass is 16.2. The molecule has 1 N–H and O–H groups in total. The van der Waals surface area contributed by atoms with E-state index in [0.29, 0.717) is 57.4 Å². The highest BCUT2D eigenvalue weighted by molar-refractivity contribution is 6.07. The number of carbonyl (C=O) groups excluding carboxylic acids is 3. The van der Waals surface area contributed by atoms with Gasteiger partial charge in [0.2, 0.25) is 0 Å². The van der Waals surface area contributed by atoms with Gasteiger partial charge in [0.15, 0.2) is 0 Å². The Morgan fingerprint density at radius 1 is 1.03 bits per heavy atom. The fraction of sp³-hybridized carbons (Fsp3) is 0.483. The topological polar surface area (TPSA) is 73.0 Å². The number of aryl methyl sites for hydroxylation is 3. The van der Waals surface area contributed by atoms with Crippen LogP contribution in [-0.4, -0.2) is 78.4 Å². The molecule has 2 aliphatic rings. The van der Waals surface area contributed by atoms with Gasteiger partial charge >= 0.3 is 6.03 Å². The van der Waals surface area contributed by atoms with Crippen molar-refractivity contribution in [2.45, 2.75) is 45.1 Å². The third kappa shape index (κ3) is 5.31. The number of likely N-dealkylation sites (tertiary alicyclic amines) is 1. The van der Waals surface area contributed by atoms with Crippen LogP contribution in [0.2, 0.25) is 0 Å². The number of rotatable bonds is 8. The fourth-order valence-corrected chi connectivity index (χ4v) is 5.42. The van der Waals surface area contributed by atoms with Crippen LogP contribution in [0, 0.1) is 19.8 Å². The van der Waals surface area contributed by atoms with Crippen LogP contribution in [0.1, 0.15) is 46.3 Å². The second kappa shape index (κ2) is 10.8. The minimum Gasteiger partial charge on any atom is -0.339 e. The number of urea groups is 1. The lowest BCUT2D eigenvalue weighted by Gasteiger charge is -2.41. The van der Waals surface area contributed by atoms with Crippen LogP contribution in [0.3, 0.4) is 0 Å². The van der Waals surface area contributed by atoms with Crippen molar-refractivity contribution >= 4 is 17.8 Å². The van der Waals surface area contributed by atoms with Crippen molar-refractivity contribution in [3.63, 3.8) is 0 Å². The Hall–Kier alpha value is -3.19. The Morgan fingerprint density at radius 2 is 1.72 bits per heavy atom. The number of benzene rings is 2. The number of amides is 4. The minimum absolute atomic E-state index is 0.0224. The van der Waals surface area contributed by atoms with Gasteiger partial charge in [-0.1, -0.05) is 36.4 Å². The average Bonchev–Trinajstić information content (AvgIpc) is 3.12. The van der Waals surface area contributed by atoms with E-state index in [4.69, 9.17) is 0 Å². The Morgan fingerprint density at radius 3 is 2.36 bits per heavy atom. The molecule has 1 atom stereocenters. The molecule has 192 valence electrons. The van der Waals surface area contributed by atoms with Crippen molar-refractivity contribution in [2.24, 2.45) is 5.92 Å². The van der Waals surface area contributed by atoms with Crippen molar-refractivity contribution in [2.75, 3.05) is 40.3 Å². The van der Waals surface area contributed by atoms with Crippen molar-refractivity contribution in [3.05, 3.63) is 70.8 Å². The van der Waals surface area contributed by atoms with E-state index in [1.54, 1.807) is 0 Å². The Bertz CT molecular complexity index is 1110. The quantitative estimate of drug-likeness (QED) is 0.574. The van der Waals surface area contributed by atoms with E-state index in [2.05, 4.69) is 17.4 Å². The van der Waals surface area contributed by atoms with E-state index in [9.17, 15) is 14.4 Å². The lowest BCUT2D eigenvalue weighted by Crippen LogP contribution is -2.57. The molecule has 0 bridgehead atoms. The average molecular weight is 491 g/mol. The van der Waals surface area contributed by atoms with Gasteiger partial charge < -0.3 is 15.1 Å². The van der Waals surface area contributed by atoms with Crippen LogP contribution < -0.4 is 5.32 Å². The van der Waals surface area contributed by atoms with Gasteiger partial charge in [-0.05, 0) is 88.4 Å². The maximum atomic E-state index is 13.8. The highest BCUT2D eigenvalue weighted by Gasteiger charge is 2.55. The largest absolute Gasteiger partial charge is 0.339 e. The summed E-state index contributed by atoms with van der Waals surface area (Å²) in [7, 11) is 3.87. The number of nitrogens with one attached hydrogen (secondary N) is 1. The maximum absolute atomic E-state index is 13.8. The van der Waals surface area contributed by atoms with Crippen molar-refractivity contribution in [3.8, 4) is 0 Å². The van der Waals surface area contributed by atoms with Crippen LogP contribution in [-0.2, 0) is 11.2 Å². The number of hydrogen-bond acceptors (Lipinski definition) is 4. The van der Waals surface area contributed by atoms with Crippen LogP contribution in [0.5, 0.6) is 0 Å². The van der Waals surface area contributed by atoms with Crippen molar-refractivity contribution in [1.82, 2.24) is 20.0 Å². The molecule has 2 fully saturated rings. The molecule has 0 aliphatic carbocycles. The maximum Gasteiger partial charge on any atom is 0.325 e. The predicted molar refractivity (Wildman–Crippen MR) is 141 cm³/mol. The van der Waals surface area contributed by atoms with E-state index in [0.717, 1.165) is 11.1 Å². The first-order chi connectivity index (χ1) is 17.2. The lowest BCUT2D eigenvalue weighted by atomic mass is 9.74. The van der Waals surface area contributed by atoms with Crippen LogP contribution in [0.4, 0.5) is 4.79 Å². The van der Waals surface area contributed by atoms with E-state index < -0.39 is 5.54 Å². The SMILES string of the molecule is Cc1ccc(C(=O)N2CCC(C3(CCc4ccccc4)NC(=O)N(CCN(C)C)C3=O)CC2)cc1C. The molecule has 2 aliphatic heterocycles. The van der Waals surface area contributed by atoms with Gasteiger partial charge in [0.05, 0.1) is 0 Å². The summed E-state index contributed by atoms with van der Waals surface area (Å²) in [5.41, 5.74) is 3.19. The Kier molecular flexibility index (Phi) is 7.79. The van der Waals surface area contributed by atoms with E-state index in [1.165, 1.54) is 10.5 Å². The molecule has 36 heavy (non-hydrogen) atoms. The van der Waals surface area contributed by atoms with Gasteiger partial charge in [-0.25, -0.2) is 4.79 Å². The third-order valence-corrected chi connectivity index (χ3v) is 7.86. The summed E-state index contributed by atoms with van der Waals surface area (Å²) in [4.78, 5) is 45.2. The summed E-state index contributed by atoms with van der Waals surface area (Å²) >= 11 is 0. The molecule has 2 aromatic rings. The zero-order chi connectivity index (χ0) is 25.9. The molecule has 0 aromatic heterocycles. The second-order valence-electron chi connectivity index (χ2n) is 10.5. The molecule has 1 unspecified atom stereocenters. The first-order valence-corrected chi connectivity index (χ1v) is 12.9. The standard InChI is InChI=1S/C29H38N4O3/c1-21-10-11-24(20-22(21)2)26(34)32-16-13-25(14-17-32)29(15-12-23-8-6-5-7-9-23)27(35)33(28(36)30-29)19-18-31(3)4/h5-11,20,25H,12-19H2,1-4H3,(H,30,36). The van der Waals surface area contributed by atoms with Gasteiger partial charge in [0, 0.05) is 31.7 Å². The first kappa shape index (κ1) is 25.9. The highest BCUT2D eigenvalue weighted by Crippen LogP contribution is 2.37. The van der Waals surface area contributed by atoms with E-state index in [-0.39, 0.29) is 23.8 Å². The smallest absolute Gasteiger partial charge is 0.325 e. The van der Waals surface area contributed by atoms with Crippen molar-refractivity contribution in [1.29, 1.82) is 0 Å². The van der Waals surface area contributed by atoms with Gasteiger partial charge in [-0.2, -0.15) is 0 Å². The summed E-state index contributed by atoms with van der Waals surface area (Å²) in [5, 5.41) is 3.14. The molecule has 0 spiro atoms. The molecule has 4 amide bonds. The Balaban J connectivity index is 1.51. The number of imide groups is 1. The van der Waals surface area contributed by atoms with Gasteiger partial charge in [-0.15, -0.1) is 0 Å². The number of hydrogen-bond donors (Lipinski definition) is 1. The van der Waals surface area contributed by atoms with Gasteiger partial charge in [-0.3, -0.25) is 14.5 Å². The lowest BCUT2D eigenvalue weighted by molar-refractivity contribution is -0.134. The molecular weight excluding hydrogens is 452 g/mol. The summed E-state index contributed by atoms with van der Waals surface area (Å²) in [5.74, 6) is -0.112. The van der Waals surface area contributed by atoms with Crippen molar-refractivity contribution < 1.29 is 14.4 Å². The number of nitrogens with zero attached hydrogens (tertiary/aromatic N) is 3. The first-order valence-electron chi connectivity index (χ1n) is 12.9. The molecular formula is C29H38N4O3. The molecule has 2 heterocycles. The normalized spacial score (nSPS) is 20.8. The molecule has 7 nitrogen and oxygen atoms in total. The number of likely N-dealkylation sites (N-methyl/N-ethyl adjacent to an activating group) is 1. The summed E-state index contributed by atoms with van der Waals surface area (Å²) in [6.45, 7) is 6.20. The number of piperidine rings is 1. The summed E-state index contributed by atoms with van der Waals surface area (Å²) in [6.07, 6.45) is 2.61. The molecule has 0 radical (unpaired) electrons. The molecule has 0 saturated carbocycles. The van der Waals surface area contributed by atoms with E-state index >= 15 is 0 Å². The molecule has 2 aromatic carbocycles. The monoisotopic (exact) mass is 490 g/mol. The zero-order valence-corrected chi connectivity index (χ0v) is 21.9. The minimum atomic E-state index is -0.936. The second-order valence-corrected chi connectivity index (χ2v) is 10.5. The van der Waals surface area contributed by atoms with E-state index in [1.807, 2.05) is 74.1 Å². The van der Waals surface area contributed by atoms with Crippen LogP contribution in [0.25, 0.3) is 0 Å². The number of carbonyl (C=O) groups is 3. The summed E-state index contributed by atoms with van der Waals surface area (Å²) < 4.78 is 0. The zero-order valence-electron chi connectivity index (χ0n) is 21.9. The molecule has 4 rings (SSSR count). The van der Waals surface area contributed by atoms with Crippen LogP contribution >= 0.6 is 0 Å². The predicted octanol–water partition coefficient (Wildman–Crippen LogP) is 3.64.